The Morgan fingerprint density at radius 1 is 0.914 bits per heavy atom. The first-order valence-corrected chi connectivity index (χ1v) is 24.1. The second-order valence-electron chi connectivity index (χ2n) is 20.3. The van der Waals surface area contributed by atoms with E-state index in [4.69, 9.17) is 30.9 Å². The van der Waals surface area contributed by atoms with Gasteiger partial charge in [-0.1, -0.05) is 89.6 Å². The molecule has 19 heteroatoms. The van der Waals surface area contributed by atoms with Crippen molar-refractivity contribution in [2.24, 2.45) is 22.7 Å². The first kappa shape index (κ1) is 56.6. The summed E-state index contributed by atoms with van der Waals surface area (Å²) in [4.78, 5) is 104. The Morgan fingerprint density at radius 2 is 1.59 bits per heavy atom. The molecule has 2 aromatic rings. The Balaban J connectivity index is 1.45. The molecule has 4 rings (SSSR count). The standard InChI is InChI=1S/C51H71ClN6O12/c1-28(2)42(58-40(60)15-12-16-41(61)62)47(65)55-30(4)45(63)53-26-31-17-20-33(21-18-31)44-43(70-44)29(3)37-13-11-14-39(59)56-35(24-32-19-22-38(68-10)34(52)23-32)46(64)54-27-51(8,9)49(67)57-36(48(66)69-37)25-50(5,6)7/h11,14,17-23,28-30,35-37,42-44H,12-13,15-16,24-27H2,1-10H3,(H,53,63)(H,54,64)(H,55,65)(H,56,59)(H,57,67)(H,58,60)(H,61,62)/b14-11+/t29-,30?,35+,36-,37-,42?,43+,44+/m0/s1. The molecule has 0 aliphatic carbocycles. The van der Waals surface area contributed by atoms with Crippen molar-refractivity contribution in [2.45, 2.75) is 150 Å². The molecule has 2 heterocycles. The lowest BCUT2D eigenvalue weighted by Crippen LogP contribution is -2.54. The minimum absolute atomic E-state index is 0.0478. The number of carbonyl (C=O) groups excluding carboxylic acids is 7. The monoisotopic (exact) mass is 994 g/mol. The van der Waals surface area contributed by atoms with E-state index in [1.165, 1.54) is 20.1 Å². The van der Waals surface area contributed by atoms with Crippen molar-refractivity contribution in [3.63, 3.8) is 0 Å². The van der Waals surface area contributed by atoms with Crippen LogP contribution in [0.1, 0.15) is 117 Å². The molecule has 2 unspecified atom stereocenters. The van der Waals surface area contributed by atoms with Crippen molar-refractivity contribution in [2.75, 3.05) is 13.7 Å². The number of benzene rings is 2. The van der Waals surface area contributed by atoms with E-state index in [2.05, 4.69) is 31.9 Å². The normalized spacial score (nSPS) is 22.7. The van der Waals surface area contributed by atoms with Crippen LogP contribution in [0.25, 0.3) is 0 Å². The highest BCUT2D eigenvalue weighted by Gasteiger charge is 2.48. The Bertz CT molecular complexity index is 2240. The van der Waals surface area contributed by atoms with Crippen molar-refractivity contribution in [1.82, 2.24) is 31.9 Å². The third-order valence-electron chi connectivity index (χ3n) is 12.1. The quantitative estimate of drug-likeness (QED) is 0.0799. The van der Waals surface area contributed by atoms with Crippen LogP contribution in [0.3, 0.4) is 0 Å². The number of hydrogen-bond acceptors (Lipinski definition) is 11. The van der Waals surface area contributed by atoms with Crippen LogP contribution in [-0.4, -0.2) is 103 Å². The van der Waals surface area contributed by atoms with Crippen molar-refractivity contribution in [1.29, 1.82) is 0 Å². The zero-order valence-electron chi connectivity index (χ0n) is 41.9. The highest BCUT2D eigenvalue weighted by molar-refractivity contribution is 6.32. The number of aliphatic carboxylic acids is 1. The van der Waals surface area contributed by atoms with Crippen LogP contribution in [0.4, 0.5) is 0 Å². The van der Waals surface area contributed by atoms with Crippen LogP contribution in [0.15, 0.2) is 54.6 Å². The topological polar surface area (TPSA) is 260 Å². The van der Waals surface area contributed by atoms with Gasteiger partial charge in [-0.05, 0) is 79.8 Å². The van der Waals surface area contributed by atoms with E-state index in [1.807, 2.05) is 52.0 Å². The summed E-state index contributed by atoms with van der Waals surface area (Å²) >= 11 is 6.38. The van der Waals surface area contributed by atoms with Crippen LogP contribution in [0.2, 0.25) is 5.02 Å². The number of nitrogens with one attached hydrogen (secondary N) is 6. The number of methoxy groups -OCH3 is 1. The van der Waals surface area contributed by atoms with Crippen molar-refractivity contribution >= 4 is 59.0 Å². The van der Waals surface area contributed by atoms with E-state index < -0.39 is 94.4 Å². The zero-order chi connectivity index (χ0) is 52.1. The molecule has 1 saturated heterocycles. The fourth-order valence-corrected chi connectivity index (χ4v) is 8.08. The fourth-order valence-electron chi connectivity index (χ4n) is 7.80. The number of cyclic esters (lactones) is 1. The smallest absolute Gasteiger partial charge is 0.328 e. The van der Waals surface area contributed by atoms with Gasteiger partial charge < -0.3 is 51.2 Å². The Hall–Kier alpha value is -6.01. The molecule has 0 bridgehead atoms. The van der Waals surface area contributed by atoms with Gasteiger partial charge in [0.05, 0.1) is 23.7 Å². The minimum atomic E-state index is -1.17. The molecule has 0 aromatic heterocycles. The first-order chi connectivity index (χ1) is 32.8. The van der Waals surface area contributed by atoms with Crippen molar-refractivity contribution in [3.05, 3.63) is 76.3 Å². The van der Waals surface area contributed by atoms with Gasteiger partial charge in [0.2, 0.25) is 35.4 Å². The Labute approximate surface area is 415 Å². The summed E-state index contributed by atoms with van der Waals surface area (Å²) in [5, 5.41) is 25.8. The number of epoxide rings is 1. The number of carboxylic acid groups (broad SMARTS) is 1. The first-order valence-electron chi connectivity index (χ1n) is 23.7. The molecule has 2 aliphatic heterocycles. The number of rotatable bonds is 18. The van der Waals surface area contributed by atoms with E-state index in [1.54, 1.807) is 52.0 Å². The lowest BCUT2D eigenvalue weighted by molar-refractivity contribution is -0.157. The molecule has 2 aromatic carbocycles. The van der Waals surface area contributed by atoms with Crippen LogP contribution in [0.5, 0.6) is 5.75 Å². The number of halogens is 1. The molecule has 18 nitrogen and oxygen atoms in total. The largest absolute Gasteiger partial charge is 0.495 e. The molecule has 0 radical (unpaired) electrons. The molecular formula is C51H71ClN6O12. The summed E-state index contributed by atoms with van der Waals surface area (Å²) < 4.78 is 17.7. The number of esters is 1. The molecule has 8 atom stereocenters. The maximum Gasteiger partial charge on any atom is 0.328 e. The summed E-state index contributed by atoms with van der Waals surface area (Å²) in [5.74, 6) is -4.88. The van der Waals surface area contributed by atoms with E-state index in [0.717, 1.165) is 11.1 Å². The van der Waals surface area contributed by atoms with E-state index >= 15 is 0 Å². The molecule has 0 spiro atoms. The third kappa shape index (κ3) is 17.4. The van der Waals surface area contributed by atoms with Gasteiger partial charge in [0.15, 0.2) is 0 Å². The summed E-state index contributed by atoms with van der Waals surface area (Å²) in [6, 6.07) is 8.57. The maximum absolute atomic E-state index is 14.1. The molecule has 70 heavy (non-hydrogen) atoms. The minimum Gasteiger partial charge on any atom is -0.495 e. The van der Waals surface area contributed by atoms with E-state index in [9.17, 15) is 38.4 Å². The average Bonchev–Trinajstić information content (AvgIpc) is 4.08. The summed E-state index contributed by atoms with van der Waals surface area (Å²) in [7, 11) is 1.49. The lowest BCUT2D eigenvalue weighted by atomic mass is 9.86. The van der Waals surface area contributed by atoms with Gasteiger partial charge in [-0.3, -0.25) is 33.6 Å². The van der Waals surface area contributed by atoms with Gasteiger partial charge >= 0.3 is 11.9 Å². The number of carboxylic acids is 1. The second kappa shape index (κ2) is 25.2. The van der Waals surface area contributed by atoms with Crippen LogP contribution >= 0.6 is 11.6 Å². The third-order valence-corrected chi connectivity index (χ3v) is 12.4. The molecular weight excluding hydrogens is 924 g/mol. The summed E-state index contributed by atoms with van der Waals surface area (Å²) in [5.41, 5.74) is 0.704. The Morgan fingerprint density at radius 3 is 2.20 bits per heavy atom. The van der Waals surface area contributed by atoms with Gasteiger partial charge in [-0.15, -0.1) is 0 Å². The highest BCUT2D eigenvalue weighted by atomic mass is 35.5. The molecule has 0 saturated carbocycles. The predicted molar refractivity (Wildman–Crippen MR) is 261 cm³/mol. The fraction of sp³-hybridized carbons (Fsp3) is 0.569. The molecule has 6 amide bonds. The van der Waals surface area contributed by atoms with Crippen LogP contribution < -0.4 is 36.6 Å². The van der Waals surface area contributed by atoms with E-state index in [0.29, 0.717) is 16.3 Å². The van der Waals surface area contributed by atoms with Gasteiger partial charge in [-0.25, -0.2) is 4.79 Å². The molecule has 1 fully saturated rings. The lowest BCUT2D eigenvalue weighted by Gasteiger charge is -2.32. The van der Waals surface area contributed by atoms with Gasteiger partial charge in [0.1, 0.15) is 42.1 Å². The average molecular weight is 996 g/mol. The second-order valence-corrected chi connectivity index (χ2v) is 20.8. The highest BCUT2D eigenvalue weighted by Crippen LogP contribution is 2.45. The number of ether oxygens (including phenoxy) is 3. The zero-order valence-corrected chi connectivity index (χ0v) is 42.6. The molecule has 384 valence electrons. The summed E-state index contributed by atoms with van der Waals surface area (Å²) in [6.07, 6.45) is 1.72. The van der Waals surface area contributed by atoms with Crippen LogP contribution in [0, 0.1) is 22.7 Å². The van der Waals surface area contributed by atoms with Gasteiger partial charge in [0.25, 0.3) is 0 Å². The van der Waals surface area contributed by atoms with E-state index in [-0.39, 0.29) is 69.7 Å². The number of hydrogen-bond donors (Lipinski definition) is 7. The molecule has 2 aliphatic rings. The molecule has 7 N–H and O–H groups in total. The van der Waals surface area contributed by atoms with Crippen molar-refractivity contribution in [3.8, 4) is 5.75 Å². The summed E-state index contributed by atoms with van der Waals surface area (Å²) in [6.45, 7) is 16.1. The van der Waals surface area contributed by atoms with Gasteiger partial charge in [0, 0.05) is 44.7 Å². The van der Waals surface area contributed by atoms with Crippen LogP contribution in [-0.2, 0) is 60.8 Å². The van der Waals surface area contributed by atoms with Gasteiger partial charge in [-0.2, -0.15) is 0 Å². The predicted octanol–water partition coefficient (Wildman–Crippen LogP) is 4.60. The number of amides is 6. The van der Waals surface area contributed by atoms with Crippen molar-refractivity contribution < 1.29 is 57.7 Å². The Kier molecular flexibility index (Phi) is 20.4. The SMILES string of the molecule is COc1ccc(C[C@H]2NC(=O)/C=C/C[C@@H]([C@H](C)[C@H]3O[C@@H]3c3ccc(CNC(=O)C(C)NC(=O)C(NC(=O)CCCC(=O)O)C(C)C)cc3)OC(=O)[C@H](CC(C)(C)C)NC(=O)C(C)(C)CNC2=O)cc1Cl. The number of carbonyl (C=O) groups is 8. The maximum atomic E-state index is 14.1.